The number of fused-ring (bicyclic) bond motifs is 1. The fourth-order valence-electron chi connectivity index (χ4n) is 3.87. The molecular formula is C28H25Br3N4O5. The Morgan fingerprint density at radius 3 is 2.50 bits per heavy atom. The molecule has 0 bridgehead atoms. The van der Waals surface area contributed by atoms with Crippen LogP contribution in [0.5, 0.6) is 11.5 Å². The van der Waals surface area contributed by atoms with E-state index in [1.54, 1.807) is 36.5 Å². The van der Waals surface area contributed by atoms with Crippen molar-refractivity contribution >= 4 is 70.6 Å². The van der Waals surface area contributed by atoms with Crippen molar-refractivity contribution in [1.29, 1.82) is 0 Å². The largest absolute Gasteiger partial charge is 0.490 e. The number of nitrogens with zero attached hydrogens (tertiary/aromatic N) is 4. The second kappa shape index (κ2) is 12.2. The molecule has 0 spiro atoms. The van der Waals surface area contributed by atoms with Gasteiger partial charge >= 0.3 is 0 Å². The number of rotatable bonds is 8. The van der Waals surface area contributed by atoms with Crippen LogP contribution in [-0.2, 0) is 12.0 Å². The molecule has 40 heavy (non-hydrogen) atoms. The first kappa shape index (κ1) is 29.9. The van der Waals surface area contributed by atoms with Crippen LogP contribution in [0.1, 0.15) is 44.6 Å². The van der Waals surface area contributed by atoms with Gasteiger partial charge in [-0.1, -0.05) is 48.8 Å². The van der Waals surface area contributed by atoms with Gasteiger partial charge in [0.15, 0.2) is 11.5 Å². The van der Waals surface area contributed by atoms with E-state index in [9.17, 15) is 14.9 Å². The van der Waals surface area contributed by atoms with Crippen molar-refractivity contribution in [2.75, 3.05) is 6.61 Å². The van der Waals surface area contributed by atoms with E-state index in [0.29, 0.717) is 54.9 Å². The smallest absolute Gasteiger partial charge is 0.282 e. The van der Waals surface area contributed by atoms with Crippen molar-refractivity contribution in [3.8, 4) is 11.5 Å². The molecule has 0 atom stereocenters. The molecule has 0 aliphatic heterocycles. The second-order valence-electron chi connectivity index (χ2n) is 9.78. The average molecular weight is 737 g/mol. The van der Waals surface area contributed by atoms with E-state index < -0.39 is 10.3 Å². The minimum atomic E-state index is -0.462. The Morgan fingerprint density at radius 1 is 1.07 bits per heavy atom. The minimum absolute atomic E-state index is 0.0154. The van der Waals surface area contributed by atoms with Crippen LogP contribution in [0, 0.1) is 10.1 Å². The van der Waals surface area contributed by atoms with Crippen molar-refractivity contribution in [2.45, 2.75) is 39.7 Å². The zero-order valence-electron chi connectivity index (χ0n) is 22.1. The highest BCUT2D eigenvalue weighted by Gasteiger charge is 2.23. The normalized spacial score (nSPS) is 11.8. The van der Waals surface area contributed by atoms with Gasteiger partial charge in [-0.25, -0.2) is 4.98 Å². The maximum atomic E-state index is 13.5. The van der Waals surface area contributed by atoms with E-state index in [-0.39, 0.29) is 17.9 Å². The summed E-state index contributed by atoms with van der Waals surface area (Å²) in [7, 11) is 0. The molecule has 3 aromatic carbocycles. The van der Waals surface area contributed by atoms with E-state index in [1.165, 1.54) is 16.8 Å². The third kappa shape index (κ3) is 6.45. The summed E-state index contributed by atoms with van der Waals surface area (Å²) in [5.41, 5.74) is 1.09. The molecule has 9 nitrogen and oxygen atoms in total. The van der Waals surface area contributed by atoms with Crippen molar-refractivity contribution in [3.05, 3.63) is 99.4 Å². The number of non-ortho nitro benzene ring substituents is 1. The quantitative estimate of drug-likeness (QED) is 0.104. The second-order valence-corrected chi connectivity index (χ2v) is 12.3. The van der Waals surface area contributed by atoms with Crippen LogP contribution in [0.15, 0.2) is 71.8 Å². The first-order valence-electron chi connectivity index (χ1n) is 12.2. The Labute approximate surface area is 255 Å². The van der Waals surface area contributed by atoms with Gasteiger partial charge in [0, 0.05) is 32.1 Å². The molecule has 0 saturated heterocycles. The van der Waals surface area contributed by atoms with Crippen molar-refractivity contribution in [3.63, 3.8) is 0 Å². The fraction of sp³-hybridized carbons (Fsp3) is 0.250. The number of ether oxygens (including phenoxy) is 2. The van der Waals surface area contributed by atoms with Gasteiger partial charge in [-0.15, -0.1) is 0 Å². The molecule has 0 fully saturated rings. The lowest BCUT2D eigenvalue weighted by Gasteiger charge is -2.21. The van der Waals surface area contributed by atoms with E-state index in [4.69, 9.17) is 14.5 Å². The van der Waals surface area contributed by atoms with Crippen LogP contribution in [0.3, 0.4) is 0 Å². The molecule has 0 aliphatic carbocycles. The summed E-state index contributed by atoms with van der Waals surface area (Å²) in [5.74, 6) is 1.37. The number of hydrogen-bond acceptors (Lipinski definition) is 7. The summed E-state index contributed by atoms with van der Waals surface area (Å²) in [6, 6.07) is 13.4. The van der Waals surface area contributed by atoms with Gasteiger partial charge in [0.25, 0.3) is 11.2 Å². The third-order valence-corrected chi connectivity index (χ3v) is 8.39. The Bertz CT molecular complexity index is 1700. The van der Waals surface area contributed by atoms with Gasteiger partial charge in [0.2, 0.25) is 0 Å². The van der Waals surface area contributed by atoms with Gasteiger partial charge in [-0.05, 0) is 68.6 Å². The summed E-state index contributed by atoms with van der Waals surface area (Å²) in [4.78, 5) is 29.0. The van der Waals surface area contributed by atoms with Crippen LogP contribution in [-0.4, -0.2) is 27.4 Å². The molecule has 1 heterocycles. The van der Waals surface area contributed by atoms with E-state index in [1.807, 2.05) is 33.8 Å². The third-order valence-electron chi connectivity index (χ3n) is 5.75. The molecule has 0 unspecified atom stereocenters. The predicted molar refractivity (Wildman–Crippen MR) is 166 cm³/mol. The van der Waals surface area contributed by atoms with Crippen LogP contribution in [0.4, 0.5) is 5.69 Å². The van der Waals surface area contributed by atoms with Crippen molar-refractivity contribution < 1.29 is 14.4 Å². The molecular weight excluding hydrogens is 712 g/mol. The van der Waals surface area contributed by atoms with Gasteiger partial charge in [0.1, 0.15) is 12.4 Å². The summed E-state index contributed by atoms with van der Waals surface area (Å²) in [5, 5.41) is 16.1. The zero-order chi connectivity index (χ0) is 29.2. The van der Waals surface area contributed by atoms with Gasteiger partial charge in [-0.2, -0.15) is 9.78 Å². The molecule has 0 aliphatic rings. The fourth-order valence-corrected chi connectivity index (χ4v) is 5.17. The summed E-state index contributed by atoms with van der Waals surface area (Å²) >= 11 is 10.6. The highest BCUT2D eigenvalue weighted by molar-refractivity contribution is 9.13. The molecule has 0 saturated carbocycles. The molecule has 4 aromatic rings. The van der Waals surface area contributed by atoms with Crippen molar-refractivity contribution in [1.82, 2.24) is 9.66 Å². The molecule has 0 amide bonds. The summed E-state index contributed by atoms with van der Waals surface area (Å²) in [6.45, 7) is 8.22. The number of aromatic nitrogens is 2. The lowest BCUT2D eigenvalue weighted by atomic mass is 9.95. The zero-order valence-corrected chi connectivity index (χ0v) is 26.8. The Hall–Kier alpha value is -3.09. The lowest BCUT2D eigenvalue weighted by molar-refractivity contribution is -0.384. The lowest BCUT2D eigenvalue weighted by Crippen LogP contribution is -2.29. The van der Waals surface area contributed by atoms with Crippen LogP contribution in [0.2, 0.25) is 0 Å². The highest BCUT2D eigenvalue weighted by Crippen LogP contribution is 2.43. The maximum Gasteiger partial charge on any atom is 0.282 e. The predicted octanol–water partition coefficient (Wildman–Crippen LogP) is 7.75. The molecule has 208 valence electrons. The summed E-state index contributed by atoms with van der Waals surface area (Å²) < 4.78 is 15.2. The molecule has 0 radical (unpaired) electrons. The summed E-state index contributed by atoms with van der Waals surface area (Å²) in [6.07, 6.45) is 1.56. The molecule has 0 N–H and O–H groups in total. The minimum Gasteiger partial charge on any atom is -0.490 e. The number of nitro groups is 1. The SMILES string of the molecule is CCOc1cc(C=Nn2c(C(C)(C)C)nc3ccc(Br)cc3c2=O)c(Br)c(Br)c1OCc1cccc([N+](=O)[O-])c1. The molecule has 4 rings (SSSR count). The van der Waals surface area contributed by atoms with Gasteiger partial charge < -0.3 is 9.47 Å². The number of nitro benzene ring substituents is 1. The first-order valence-corrected chi connectivity index (χ1v) is 14.6. The monoisotopic (exact) mass is 734 g/mol. The van der Waals surface area contributed by atoms with E-state index in [0.717, 1.165) is 4.47 Å². The van der Waals surface area contributed by atoms with Gasteiger partial charge in [0.05, 0.1) is 33.1 Å². The van der Waals surface area contributed by atoms with Crippen LogP contribution in [0.25, 0.3) is 10.9 Å². The number of benzene rings is 3. The Kier molecular flexibility index (Phi) is 9.11. The topological polar surface area (TPSA) is 109 Å². The number of hydrogen-bond donors (Lipinski definition) is 0. The maximum absolute atomic E-state index is 13.5. The van der Waals surface area contributed by atoms with E-state index >= 15 is 0 Å². The number of halogens is 3. The molecule has 1 aromatic heterocycles. The van der Waals surface area contributed by atoms with Gasteiger partial charge in [-0.3, -0.25) is 14.9 Å². The highest BCUT2D eigenvalue weighted by atomic mass is 79.9. The Balaban J connectivity index is 1.76. The van der Waals surface area contributed by atoms with Crippen molar-refractivity contribution in [2.24, 2.45) is 5.10 Å². The standard InChI is InChI=1S/C28H25Br3N4O5/c1-5-39-22-12-17(23(30)24(31)25(22)40-15-16-7-6-8-19(11-16)35(37)38)14-32-34-26(36)20-13-18(29)9-10-21(20)33-27(34)28(2,3)4/h6-14H,5,15H2,1-4H3. The average Bonchev–Trinajstić information content (AvgIpc) is 2.90. The Morgan fingerprint density at radius 2 is 1.82 bits per heavy atom. The van der Waals surface area contributed by atoms with Crippen LogP contribution >= 0.6 is 47.8 Å². The van der Waals surface area contributed by atoms with Crippen LogP contribution < -0.4 is 15.0 Å². The van der Waals surface area contributed by atoms with E-state index in [2.05, 4.69) is 52.9 Å². The molecule has 12 heteroatoms. The first-order chi connectivity index (χ1) is 18.9.